The van der Waals surface area contributed by atoms with Crippen LogP contribution in [0.4, 0.5) is 0 Å². The molecule has 0 unspecified atom stereocenters. The SMILES string of the molecule is C=CC(=O)OCCCCOc1ccc(C=CC(=O)Oc2ccc(C)cc2C)cc1. The van der Waals surface area contributed by atoms with Crippen LogP contribution in [0.3, 0.4) is 0 Å². The minimum Gasteiger partial charge on any atom is -0.494 e. The van der Waals surface area contributed by atoms with Crippen LogP contribution < -0.4 is 9.47 Å². The highest BCUT2D eigenvalue weighted by atomic mass is 16.5. The number of benzene rings is 2. The number of hydrogen-bond acceptors (Lipinski definition) is 5. The first-order chi connectivity index (χ1) is 14.0. The van der Waals surface area contributed by atoms with Crippen LogP contribution in [-0.4, -0.2) is 25.2 Å². The minimum atomic E-state index is -0.422. The topological polar surface area (TPSA) is 61.8 Å². The van der Waals surface area contributed by atoms with Crippen LogP contribution in [0.1, 0.15) is 29.5 Å². The maximum atomic E-state index is 12.0. The minimum absolute atomic E-state index is 0.357. The zero-order valence-electron chi connectivity index (χ0n) is 16.9. The van der Waals surface area contributed by atoms with E-state index in [1.807, 2.05) is 50.2 Å². The number of hydrogen-bond donors (Lipinski definition) is 0. The monoisotopic (exact) mass is 394 g/mol. The second-order valence-electron chi connectivity index (χ2n) is 6.52. The molecule has 0 aliphatic rings. The van der Waals surface area contributed by atoms with Gasteiger partial charge in [0.1, 0.15) is 11.5 Å². The van der Waals surface area contributed by atoms with Crippen LogP contribution in [0, 0.1) is 13.8 Å². The van der Waals surface area contributed by atoms with E-state index in [1.165, 1.54) is 6.08 Å². The van der Waals surface area contributed by atoms with Crippen LogP contribution in [0.15, 0.2) is 61.2 Å². The molecule has 2 aromatic carbocycles. The van der Waals surface area contributed by atoms with E-state index >= 15 is 0 Å². The number of aryl methyl sites for hydroxylation is 2. The molecule has 0 saturated heterocycles. The molecule has 0 radical (unpaired) electrons. The normalized spacial score (nSPS) is 10.6. The summed E-state index contributed by atoms with van der Waals surface area (Å²) in [6.45, 7) is 8.13. The molecule has 0 spiro atoms. The fourth-order valence-electron chi connectivity index (χ4n) is 2.52. The van der Waals surface area contributed by atoms with Gasteiger partial charge >= 0.3 is 11.9 Å². The zero-order chi connectivity index (χ0) is 21.1. The third kappa shape index (κ3) is 8.05. The van der Waals surface area contributed by atoms with Crippen molar-refractivity contribution in [1.82, 2.24) is 0 Å². The number of esters is 2. The van der Waals surface area contributed by atoms with Crippen LogP contribution in [0.5, 0.6) is 11.5 Å². The summed E-state index contributed by atoms with van der Waals surface area (Å²) in [5, 5.41) is 0. The van der Waals surface area contributed by atoms with E-state index in [2.05, 4.69) is 6.58 Å². The Morgan fingerprint density at radius 1 is 0.966 bits per heavy atom. The second-order valence-corrected chi connectivity index (χ2v) is 6.52. The summed E-state index contributed by atoms with van der Waals surface area (Å²) in [4.78, 5) is 22.9. The first-order valence-electron chi connectivity index (χ1n) is 9.47. The number of unbranched alkanes of at least 4 members (excludes halogenated alkanes) is 1. The predicted octanol–water partition coefficient (Wildman–Crippen LogP) is 4.81. The molecule has 0 heterocycles. The Bertz CT molecular complexity index is 865. The number of carbonyl (C=O) groups is 2. The van der Waals surface area contributed by atoms with Crippen molar-refractivity contribution >= 4 is 18.0 Å². The fourth-order valence-corrected chi connectivity index (χ4v) is 2.52. The molecule has 5 heteroatoms. The number of ether oxygens (including phenoxy) is 3. The fraction of sp³-hybridized carbons (Fsp3) is 0.250. The van der Waals surface area contributed by atoms with E-state index < -0.39 is 11.9 Å². The molecule has 0 N–H and O–H groups in total. The van der Waals surface area contributed by atoms with Gasteiger partial charge in [0.05, 0.1) is 13.2 Å². The molecular weight excluding hydrogens is 368 g/mol. The average molecular weight is 394 g/mol. The summed E-state index contributed by atoms with van der Waals surface area (Å²) in [5.74, 6) is 0.471. The highest BCUT2D eigenvalue weighted by Gasteiger charge is 2.04. The summed E-state index contributed by atoms with van der Waals surface area (Å²) >= 11 is 0. The molecule has 152 valence electrons. The summed E-state index contributed by atoms with van der Waals surface area (Å²) < 4.78 is 15.9. The Balaban J connectivity index is 1.74. The predicted molar refractivity (Wildman–Crippen MR) is 113 cm³/mol. The molecule has 0 amide bonds. The number of rotatable bonds is 10. The molecule has 0 bridgehead atoms. The molecule has 0 aromatic heterocycles. The van der Waals surface area contributed by atoms with Crippen LogP contribution >= 0.6 is 0 Å². The maximum absolute atomic E-state index is 12.0. The van der Waals surface area contributed by atoms with Gasteiger partial charge in [-0.2, -0.15) is 0 Å². The van der Waals surface area contributed by atoms with Crippen molar-refractivity contribution in [2.24, 2.45) is 0 Å². The van der Waals surface area contributed by atoms with Crippen LogP contribution in [0.2, 0.25) is 0 Å². The number of carbonyl (C=O) groups excluding carboxylic acids is 2. The first-order valence-corrected chi connectivity index (χ1v) is 9.47. The molecule has 0 aliphatic carbocycles. The van der Waals surface area contributed by atoms with Gasteiger partial charge in [-0.15, -0.1) is 0 Å². The van der Waals surface area contributed by atoms with Gasteiger partial charge in [-0.1, -0.05) is 36.4 Å². The molecule has 0 aliphatic heterocycles. The maximum Gasteiger partial charge on any atom is 0.336 e. The Labute approximate surface area is 171 Å². The lowest BCUT2D eigenvalue weighted by molar-refractivity contribution is -0.137. The highest BCUT2D eigenvalue weighted by molar-refractivity contribution is 5.88. The van der Waals surface area contributed by atoms with Crippen molar-refractivity contribution in [3.05, 3.63) is 77.9 Å². The summed E-state index contributed by atoms with van der Waals surface area (Å²) in [5.41, 5.74) is 2.91. The Morgan fingerprint density at radius 3 is 2.38 bits per heavy atom. The zero-order valence-corrected chi connectivity index (χ0v) is 16.9. The van der Waals surface area contributed by atoms with Gasteiger partial charge in [0.2, 0.25) is 0 Å². The van der Waals surface area contributed by atoms with Crippen molar-refractivity contribution in [2.75, 3.05) is 13.2 Å². The molecule has 0 fully saturated rings. The van der Waals surface area contributed by atoms with Gasteiger partial charge in [0.15, 0.2) is 0 Å². The van der Waals surface area contributed by atoms with Crippen molar-refractivity contribution in [1.29, 1.82) is 0 Å². The van der Waals surface area contributed by atoms with E-state index in [9.17, 15) is 9.59 Å². The average Bonchev–Trinajstić information content (AvgIpc) is 2.71. The highest BCUT2D eigenvalue weighted by Crippen LogP contribution is 2.19. The van der Waals surface area contributed by atoms with E-state index in [1.54, 1.807) is 12.1 Å². The molecule has 2 rings (SSSR count). The van der Waals surface area contributed by atoms with Crippen LogP contribution in [0.25, 0.3) is 6.08 Å². The smallest absolute Gasteiger partial charge is 0.336 e. The van der Waals surface area contributed by atoms with Crippen molar-refractivity contribution in [2.45, 2.75) is 26.7 Å². The second kappa shape index (κ2) is 11.5. The van der Waals surface area contributed by atoms with Gasteiger partial charge in [-0.05, 0) is 62.1 Å². The van der Waals surface area contributed by atoms with Gasteiger partial charge in [-0.25, -0.2) is 9.59 Å². The third-order valence-electron chi connectivity index (χ3n) is 4.05. The van der Waals surface area contributed by atoms with Gasteiger partial charge in [-0.3, -0.25) is 0 Å². The van der Waals surface area contributed by atoms with Crippen molar-refractivity contribution in [3.63, 3.8) is 0 Å². The van der Waals surface area contributed by atoms with Gasteiger partial charge in [0.25, 0.3) is 0 Å². The lowest BCUT2D eigenvalue weighted by atomic mass is 10.1. The summed E-state index contributed by atoms with van der Waals surface area (Å²) in [7, 11) is 0. The summed E-state index contributed by atoms with van der Waals surface area (Å²) in [6.07, 6.45) is 5.75. The van der Waals surface area contributed by atoms with E-state index in [0.717, 1.165) is 41.4 Å². The Kier molecular flexibility index (Phi) is 8.70. The van der Waals surface area contributed by atoms with Crippen molar-refractivity contribution in [3.8, 4) is 11.5 Å². The lowest BCUT2D eigenvalue weighted by Crippen LogP contribution is -2.05. The Hall–Kier alpha value is -3.34. The first kappa shape index (κ1) is 22.0. The molecule has 0 atom stereocenters. The van der Waals surface area contributed by atoms with E-state index in [0.29, 0.717) is 19.0 Å². The largest absolute Gasteiger partial charge is 0.494 e. The van der Waals surface area contributed by atoms with E-state index in [-0.39, 0.29) is 0 Å². The third-order valence-corrected chi connectivity index (χ3v) is 4.05. The van der Waals surface area contributed by atoms with Gasteiger partial charge in [0, 0.05) is 12.2 Å². The quantitative estimate of drug-likeness (QED) is 0.250. The van der Waals surface area contributed by atoms with Crippen LogP contribution in [-0.2, 0) is 14.3 Å². The van der Waals surface area contributed by atoms with Gasteiger partial charge < -0.3 is 14.2 Å². The summed E-state index contributed by atoms with van der Waals surface area (Å²) in [6, 6.07) is 13.1. The molecule has 29 heavy (non-hydrogen) atoms. The van der Waals surface area contributed by atoms with E-state index in [4.69, 9.17) is 14.2 Å². The molecule has 2 aromatic rings. The molecule has 0 saturated carbocycles. The standard InChI is InChI=1S/C24H26O5/c1-4-23(25)28-16-6-5-15-27-21-11-8-20(9-12-21)10-14-24(26)29-22-13-7-18(2)17-19(22)3/h4,7-14,17H,1,5-6,15-16H2,2-3H3. The molecule has 5 nitrogen and oxygen atoms in total. The lowest BCUT2D eigenvalue weighted by Gasteiger charge is -2.07. The van der Waals surface area contributed by atoms with Crippen molar-refractivity contribution < 1.29 is 23.8 Å². The molecular formula is C24H26O5. The Morgan fingerprint density at radius 2 is 1.69 bits per heavy atom.